The second-order valence-electron chi connectivity index (χ2n) is 6.69. The van der Waals surface area contributed by atoms with Crippen LogP contribution < -0.4 is 5.32 Å². The van der Waals surface area contributed by atoms with Crippen LogP contribution in [0.25, 0.3) is 0 Å². The zero-order valence-corrected chi connectivity index (χ0v) is 15.4. The molecule has 0 bridgehead atoms. The van der Waals surface area contributed by atoms with Crippen LogP contribution in [-0.2, 0) is 4.79 Å². The van der Waals surface area contributed by atoms with Gasteiger partial charge in [0.1, 0.15) is 11.8 Å². The van der Waals surface area contributed by atoms with Crippen LogP contribution in [0, 0.1) is 0 Å². The van der Waals surface area contributed by atoms with Gasteiger partial charge in [-0.3, -0.25) is 9.59 Å². The molecular formula is C18H17Cl2N3O3. The van der Waals surface area contributed by atoms with Gasteiger partial charge in [0, 0.05) is 34.3 Å². The molecule has 1 aromatic carbocycles. The molecule has 2 heterocycles. The molecule has 1 atom stereocenters. The van der Waals surface area contributed by atoms with E-state index in [2.05, 4.69) is 10.5 Å². The van der Waals surface area contributed by atoms with Gasteiger partial charge in [0.25, 0.3) is 5.91 Å². The molecule has 1 aliphatic carbocycles. The Balaban J connectivity index is 1.47. The summed E-state index contributed by atoms with van der Waals surface area (Å²) in [5, 5.41) is 7.55. The third-order valence-corrected chi connectivity index (χ3v) is 5.11. The van der Waals surface area contributed by atoms with Gasteiger partial charge in [-0.25, -0.2) is 0 Å². The first-order valence-corrected chi connectivity index (χ1v) is 9.31. The second-order valence-corrected chi connectivity index (χ2v) is 7.57. The summed E-state index contributed by atoms with van der Waals surface area (Å²) in [4.78, 5) is 27.0. The Labute approximate surface area is 160 Å². The summed E-state index contributed by atoms with van der Waals surface area (Å²) in [7, 11) is 0. The molecule has 136 valence electrons. The van der Waals surface area contributed by atoms with Crippen LogP contribution >= 0.6 is 23.2 Å². The van der Waals surface area contributed by atoms with E-state index >= 15 is 0 Å². The van der Waals surface area contributed by atoms with Crippen LogP contribution in [0.5, 0.6) is 0 Å². The summed E-state index contributed by atoms with van der Waals surface area (Å²) in [5.41, 5.74) is 0.765. The number of nitrogens with zero attached hydrogens (tertiary/aromatic N) is 2. The molecule has 1 saturated carbocycles. The third kappa shape index (κ3) is 3.57. The lowest BCUT2D eigenvalue weighted by molar-refractivity contribution is -0.119. The van der Waals surface area contributed by atoms with Crippen molar-refractivity contribution < 1.29 is 14.1 Å². The molecule has 1 N–H and O–H groups in total. The summed E-state index contributed by atoms with van der Waals surface area (Å²) in [6.45, 7) is 0.513. The minimum Gasteiger partial charge on any atom is -0.360 e. The normalized spacial score (nSPS) is 19.6. The van der Waals surface area contributed by atoms with Crippen molar-refractivity contribution >= 4 is 40.7 Å². The first kappa shape index (κ1) is 17.4. The number of halogens is 2. The predicted molar refractivity (Wildman–Crippen MR) is 97.6 cm³/mol. The van der Waals surface area contributed by atoms with E-state index in [1.807, 2.05) is 0 Å². The maximum Gasteiger partial charge on any atom is 0.276 e. The van der Waals surface area contributed by atoms with Gasteiger partial charge in [-0.2, -0.15) is 0 Å². The summed E-state index contributed by atoms with van der Waals surface area (Å²) >= 11 is 11.9. The average Bonchev–Trinajstić information content (AvgIpc) is 3.12. The molecule has 6 nitrogen and oxygen atoms in total. The number of hydrogen-bond acceptors (Lipinski definition) is 4. The highest BCUT2D eigenvalue weighted by Crippen LogP contribution is 2.40. The minimum absolute atomic E-state index is 0.261. The van der Waals surface area contributed by atoms with Crippen molar-refractivity contribution in [3.8, 4) is 0 Å². The van der Waals surface area contributed by atoms with Crippen molar-refractivity contribution in [3.63, 3.8) is 0 Å². The molecule has 1 saturated heterocycles. The molecule has 1 unspecified atom stereocenters. The highest BCUT2D eigenvalue weighted by atomic mass is 35.5. The van der Waals surface area contributed by atoms with Gasteiger partial charge in [-0.15, -0.1) is 0 Å². The Kier molecular flexibility index (Phi) is 4.63. The third-order valence-electron chi connectivity index (χ3n) is 4.67. The molecule has 1 aromatic heterocycles. The molecule has 1 aliphatic heterocycles. The zero-order chi connectivity index (χ0) is 18.3. The van der Waals surface area contributed by atoms with E-state index in [9.17, 15) is 9.59 Å². The van der Waals surface area contributed by atoms with Gasteiger partial charge >= 0.3 is 0 Å². The van der Waals surface area contributed by atoms with E-state index in [4.69, 9.17) is 27.7 Å². The highest BCUT2D eigenvalue weighted by molar-refractivity contribution is 6.35. The number of aromatic nitrogens is 1. The molecule has 0 radical (unpaired) electrons. The fourth-order valence-corrected chi connectivity index (χ4v) is 3.76. The maximum atomic E-state index is 12.8. The van der Waals surface area contributed by atoms with Gasteiger partial charge in [0.2, 0.25) is 5.91 Å². The SMILES string of the molecule is O=C(Nc1cc(Cl)cc(Cl)c1)C1CCCN1C(=O)c1cc(C2CC2)on1. The molecule has 26 heavy (non-hydrogen) atoms. The Morgan fingerprint density at radius 2 is 1.85 bits per heavy atom. The lowest BCUT2D eigenvalue weighted by atomic mass is 10.2. The lowest BCUT2D eigenvalue weighted by Gasteiger charge is -2.23. The summed E-state index contributed by atoms with van der Waals surface area (Å²) in [5.74, 6) is 0.596. The standard InChI is InChI=1S/C18H17Cl2N3O3/c19-11-6-12(20)8-13(7-11)21-17(24)15-2-1-5-23(15)18(25)14-9-16(26-22-14)10-3-4-10/h6-10,15H,1-5H2,(H,21,24). The smallest absolute Gasteiger partial charge is 0.276 e. The average molecular weight is 394 g/mol. The number of benzene rings is 1. The van der Waals surface area contributed by atoms with Gasteiger partial charge in [-0.05, 0) is 43.9 Å². The first-order valence-electron chi connectivity index (χ1n) is 8.56. The fraction of sp³-hybridized carbons (Fsp3) is 0.389. The van der Waals surface area contributed by atoms with Crippen molar-refractivity contribution in [2.45, 2.75) is 37.6 Å². The van der Waals surface area contributed by atoms with Crippen LogP contribution in [-0.4, -0.2) is 34.5 Å². The maximum absolute atomic E-state index is 12.8. The largest absolute Gasteiger partial charge is 0.360 e. The molecule has 4 rings (SSSR count). The molecule has 0 spiro atoms. The molecule has 2 amide bonds. The summed E-state index contributed by atoms with van der Waals surface area (Å²) in [6.07, 6.45) is 3.49. The van der Waals surface area contributed by atoms with Crippen LogP contribution in [0.3, 0.4) is 0 Å². The van der Waals surface area contributed by atoms with E-state index in [1.54, 1.807) is 29.2 Å². The number of rotatable bonds is 4. The monoisotopic (exact) mass is 393 g/mol. The predicted octanol–water partition coefficient (Wildman–Crippen LogP) is 4.10. The molecular weight excluding hydrogens is 377 g/mol. The zero-order valence-electron chi connectivity index (χ0n) is 13.9. The van der Waals surface area contributed by atoms with Crippen molar-refractivity contribution in [2.24, 2.45) is 0 Å². The van der Waals surface area contributed by atoms with Crippen LogP contribution in [0.4, 0.5) is 5.69 Å². The number of carbonyl (C=O) groups excluding carboxylic acids is 2. The van der Waals surface area contributed by atoms with Crippen LogP contribution in [0.15, 0.2) is 28.8 Å². The molecule has 8 heteroatoms. The first-order chi connectivity index (χ1) is 12.5. The molecule has 2 aromatic rings. The van der Waals surface area contributed by atoms with E-state index < -0.39 is 6.04 Å². The second kappa shape index (κ2) is 6.93. The topological polar surface area (TPSA) is 75.4 Å². The summed E-state index contributed by atoms with van der Waals surface area (Å²) in [6, 6.07) is 5.97. The summed E-state index contributed by atoms with van der Waals surface area (Å²) < 4.78 is 5.26. The van der Waals surface area contributed by atoms with Crippen LogP contribution in [0.1, 0.15) is 47.8 Å². The number of carbonyl (C=O) groups is 2. The fourth-order valence-electron chi connectivity index (χ4n) is 3.23. The number of amides is 2. The van der Waals surface area contributed by atoms with Crippen molar-refractivity contribution in [1.82, 2.24) is 10.1 Å². The van der Waals surface area contributed by atoms with E-state index in [0.29, 0.717) is 34.6 Å². The molecule has 2 fully saturated rings. The van der Waals surface area contributed by atoms with E-state index in [0.717, 1.165) is 25.0 Å². The Bertz CT molecular complexity index is 843. The van der Waals surface area contributed by atoms with Gasteiger partial charge in [0.05, 0.1) is 0 Å². The number of likely N-dealkylation sites (tertiary alicyclic amines) is 1. The lowest BCUT2D eigenvalue weighted by Crippen LogP contribution is -2.43. The number of hydrogen-bond donors (Lipinski definition) is 1. The quantitative estimate of drug-likeness (QED) is 0.847. The highest BCUT2D eigenvalue weighted by Gasteiger charge is 2.37. The van der Waals surface area contributed by atoms with Gasteiger partial charge in [-0.1, -0.05) is 28.4 Å². The Morgan fingerprint density at radius 1 is 1.12 bits per heavy atom. The van der Waals surface area contributed by atoms with Crippen molar-refractivity contribution in [1.29, 1.82) is 0 Å². The Morgan fingerprint density at radius 3 is 2.54 bits per heavy atom. The van der Waals surface area contributed by atoms with E-state index in [1.165, 1.54) is 0 Å². The van der Waals surface area contributed by atoms with E-state index in [-0.39, 0.29) is 17.5 Å². The van der Waals surface area contributed by atoms with Crippen LogP contribution in [0.2, 0.25) is 10.0 Å². The van der Waals surface area contributed by atoms with Gasteiger partial charge < -0.3 is 14.7 Å². The molecule has 2 aliphatic rings. The van der Waals surface area contributed by atoms with Crippen molar-refractivity contribution in [2.75, 3.05) is 11.9 Å². The minimum atomic E-state index is -0.554. The number of nitrogens with one attached hydrogen (secondary N) is 1. The number of anilines is 1. The Hall–Kier alpha value is -2.05. The van der Waals surface area contributed by atoms with Crippen molar-refractivity contribution in [3.05, 3.63) is 45.8 Å². The van der Waals surface area contributed by atoms with Gasteiger partial charge in [0.15, 0.2) is 5.69 Å².